The molecule has 0 amide bonds. The Morgan fingerprint density at radius 3 is 2.68 bits per heavy atom. The van der Waals surface area contributed by atoms with Gasteiger partial charge < -0.3 is 19.9 Å². The molecule has 1 aromatic rings. The van der Waals surface area contributed by atoms with Gasteiger partial charge in [0.1, 0.15) is 6.04 Å². The molecule has 0 aliphatic carbocycles. The average Bonchev–Trinajstić information content (AvgIpc) is 2.49. The second-order valence-electron chi connectivity index (χ2n) is 4.96. The lowest BCUT2D eigenvalue weighted by molar-refractivity contribution is -0.139. The molecule has 0 aliphatic rings. The zero-order valence-corrected chi connectivity index (χ0v) is 14.1. The molecule has 2 N–H and O–H groups in total. The molecule has 1 rings (SSSR count). The van der Waals surface area contributed by atoms with Crippen molar-refractivity contribution in [2.45, 2.75) is 45.7 Å². The quantitative estimate of drug-likeness (QED) is 0.688. The number of benzene rings is 1. The van der Waals surface area contributed by atoms with Crippen molar-refractivity contribution in [3.05, 3.63) is 22.7 Å². The lowest BCUT2D eigenvalue weighted by atomic mass is 10.1. The average molecular weight is 330 g/mol. The highest BCUT2D eigenvalue weighted by Crippen LogP contribution is 2.36. The molecule has 0 heterocycles. The van der Waals surface area contributed by atoms with E-state index in [-0.39, 0.29) is 0 Å². The minimum Gasteiger partial charge on any atom is -0.493 e. The van der Waals surface area contributed by atoms with Gasteiger partial charge in [0.15, 0.2) is 11.5 Å². The fourth-order valence-corrected chi connectivity index (χ4v) is 2.41. The van der Waals surface area contributed by atoms with Gasteiger partial charge in [-0.15, -0.1) is 0 Å². The zero-order valence-electron chi connectivity index (χ0n) is 13.3. The third-order valence-corrected chi connectivity index (χ3v) is 3.56. The van der Waals surface area contributed by atoms with E-state index in [2.05, 4.69) is 5.32 Å². The summed E-state index contributed by atoms with van der Waals surface area (Å²) in [4.78, 5) is 11.2. The van der Waals surface area contributed by atoms with E-state index in [9.17, 15) is 9.90 Å². The molecule has 0 fully saturated rings. The fraction of sp³-hybridized carbons (Fsp3) is 0.562. The summed E-state index contributed by atoms with van der Waals surface area (Å²) in [6, 6.07) is 3.01. The van der Waals surface area contributed by atoms with E-state index in [1.807, 2.05) is 19.9 Å². The van der Waals surface area contributed by atoms with E-state index in [0.29, 0.717) is 36.1 Å². The summed E-state index contributed by atoms with van der Waals surface area (Å²) in [5.41, 5.74) is 0.855. The van der Waals surface area contributed by atoms with Crippen molar-refractivity contribution in [3.63, 3.8) is 0 Å². The summed E-state index contributed by atoms with van der Waals surface area (Å²) >= 11 is 6.20. The molecule has 0 aliphatic heterocycles. The largest absolute Gasteiger partial charge is 0.493 e. The lowest BCUT2D eigenvalue weighted by Crippen LogP contribution is -2.36. The molecule has 5 nitrogen and oxygen atoms in total. The number of aliphatic carboxylic acids is 1. The molecular formula is C16H24ClNO4. The van der Waals surface area contributed by atoms with E-state index in [1.165, 1.54) is 0 Å². The van der Waals surface area contributed by atoms with Gasteiger partial charge in [-0.2, -0.15) is 0 Å². The van der Waals surface area contributed by atoms with Crippen molar-refractivity contribution in [1.82, 2.24) is 5.32 Å². The molecule has 6 heteroatoms. The van der Waals surface area contributed by atoms with Gasteiger partial charge in [0, 0.05) is 6.54 Å². The molecule has 0 saturated carbocycles. The minimum absolute atomic E-state index is 0.406. The van der Waals surface area contributed by atoms with Crippen LogP contribution in [0.4, 0.5) is 0 Å². The Balaban J connectivity index is 2.80. The molecular weight excluding hydrogens is 306 g/mol. The van der Waals surface area contributed by atoms with Crippen LogP contribution in [0.3, 0.4) is 0 Å². The van der Waals surface area contributed by atoms with Crippen molar-refractivity contribution in [2.75, 3.05) is 13.7 Å². The first-order valence-electron chi connectivity index (χ1n) is 7.48. The Labute approximate surface area is 136 Å². The van der Waals surface area contributed by atoms with Gasteiger partial charge in [0.2, 0.25) is 0 Å². The van der Waals surface area contributed by atoms with Crippen molar-refractivity contribution in [1.29, 1.82) is 0 Å². The number of halogens is 1. The van der Waals surface area contributed by atoms with Crippen LogP contribution in [-0.2, 0) is 11.3 Å². The second kappa shape index (κ2) is 9.54. The maximum Gasteiger partial charge on any atom is 0.320 e. The Kier molecular flexibility index (Phi) is 8.06. The van der Waals surface area contributed by atoms with Crippen molar-refractivity contribution in [2.24, 2.45) is 0 Å². The van der Waals surface area contributed by atoms with Crippen LogP contribution in [0.1, 0.15) is 38.7 Å². The highest BCUT2D eigenvalue weighted by atomic mass is 35.5. The molecule has 0 saturated heterocycles. The Bertz CT molecular complexity index is 493. The maximum atomic E-state index is 11.2. The van der Waals surface area contributed by atoms with Gasteiger partial charge in [-0.3, -0.25) is 4.79 Å². The minimum atomic E-state index is -0.836. The fourth-order valence-electron chi connectivity index (χ4n) is 2.12. The SMILES string of the molecule is CCCC[C@H](NCc1cc(Cl)c(OCC)c(OC)c1)C(=O)O. The predicted molar refractivity (Wildman–Crippen MR) is 87.0 cm³/mol. The van der Waals surface area contributed by atoms with Crippen LogP contribution in [0.25, 0.3) is 0 Å². The number of carboxylic acids is 1. The smallest absolute Gasteiger partial charge is 0.320 e. The highest BCUT2D eigenvalue weighted by molar-refractivity contribution is 6.32. The number of ether oxygens (including phenoxy) is 2. The number of rotatable bonds is 10. The lowest BCUT2D eigenvalue weighted by Gasteiger charge is -2.16. The third-order valence-electron chi connectivity index (χ3n) is 3.27. The van der Waals surface area contributed by atoms with Gasteiger partial charge in [0.25, 0.3) is 0 Å². The van der Waals surface area contributed by atoms with Gasteiger partial charge in [-0.05, 0) is 31.0 Å². The van der Waals surface area contributed by atoms with E-state index in [4.69, 9.17) is 21.1 Å². The summed E-state index contributed by atoms with van der Waals surface area (Å²) in [5.74, 6) is 0.222. The van der Waals surface area contributed by atoms with Crippen molar-refractivity contribution in [3.8, 4) is 11.5 Å². The number of methoxy groups -OCH3 is 1. The van der Waals surface area contributed by atoms with Crippen LogP contribution < -0.4 is 14.8 Å². The first-order valence-corrected chi connectivity index (χ1v) is 7.86. The van der Waals surface area contributed by atoms with E-state index >= 15 is 0 Å². The molecule has 1 atom stereocenters. The van der Waals surface area contributed by atoms with Crippen LogP contribution in [0, 0.1) is 0 Å². The summed E-state index contributed by atoms with van der Waals surface area (Å²) in [5, 5.41) is 12.7. The van der Waals surface area contributed by atoms with E-state index in [0.717, 1.165) is 18.4 Å². The highest BCUT2D eigenvalue weighted by Gasteiger charge is 2.17. The zero-order chi connectivity index (χ0) is 16.5. The maximum absolute atomic E-state index is 11.2. The van der Waals surface area contributed by atoms with Gasteiger partial charge in [-0.25, -0.2) is 0 Å². The number of hydrogen-bond donors (Lipinski definition) is 2. The monoisotopic (exact) mass is 329 g/mol. The summed E-state index contributed by atoms with van der Waals surface area (Å²) in [6.45, 7) is 4.81. The normalized spacial score (nSPS) is 12.0. The second-order valence-corrected chi connectivity index (χ2v) is 5.36. The Morgan fingerprint density at radius 2 is 2.14 bits per heavy atom. The Morgan fingerprint density at radius 1 is 1.41 bits per heavy atom. The molecule has 22 heavy (non-hydrogen) atoms. The van der Waals surface area contributed by atoms with E-state index < -0.39 is 12.0 Å². The van der Waals surface area contributed by atoms with Crippen molar-refractivity contribution >= 4 is 17.6 Å². The molecule has 1 aromatic carbocycles. The van der Waals surface area contributed by atoms with Crippen LogP contribution in [0.2, 0.25) is 5.02 Å². The number of hydrogen-bond acceptors (Lipinski definition) is 4. The van der Waals surface area contributed by atoms with Crippen molar-refractivity contribution < 1.29 is 19.4 Å². The summed E-state index contributed by atoms with van der Waals surface area (Å²) in [7, 11) is 1.55. The van der Waals surface area contributed by atoms with Crippen LogP contribution in [-0.4, -0.2) is 30.8 Å². The molecule has 0 spiro atoms. The molecule has 0 aromatic heterocycles. The molecule has 124 valence electrons. The predicted octanol–water partition coefficient (Wildman–Crippen LogP) is 3.48. The van der Waals surface area contributed by atoms with Crippen LogP contribution in [0.5, 0.6) is 11.5 Å². The number of carboxylic acid groups (broad SMARTS) is 1. The summed E-state index contributed by atoms with van der Waals surface area (Å²) in [6.07, 6.45) is 2.44. The topological polar surface area (TPSA) is 67.8 Å². The number of unbranched alkanes of at least 4 members (excludes halogenated alkanes) is 1. The number of nitrogens with one attached hydrogen (secondary N) is 1. The molecule has 0 bridgehead atoms. The number of carbonyl (C=O) groups is 1. The van der Waals surface area contributed by atoms with Gasteiger partial charge in [-0.1, -0.05) is 31.4 Å². The van der Waals surface area contributed by atoms with Crippen LogP contribution in [0.15, 0.2) is 12.1 Å². The molecule has 0 radical (unpaired) electrons. The molecule has 0 unspecified atom stereocenters. The van der Waals surface area contributed by atoms with E-state index in [1.54, 1.807) is 13.2 Å². The summed E-state index contributed by atoms with van der Waals surface area (Å²) < 4.78 is 10.7. The third kappa shape index (κ3) is 5.39. The first-order chi connectivity index (χ1) is 10.5. The van der Waals surface area contributed by atoms with Crippen LogP contribution >= 0.6 is 11.6 Å². The Hall–Kier alpha value is -1.46. The van der Waals surface area contributed by atoms with Gasteiger partial charge in [0.05, 0.1) is 18.7 Å². The standard InChI is InChI=1S/C16H24ClNO4/c1-4-6-7-13(16(19)20)18-10-11-8-12(17)15(22-5-2)14(9-11)21-3/h8-9,13,18H,4-7,10H2,1-3H3,(H,19,20)/t13-/m0/s1. The van der Waals surface area contributed by atoms with Gasteiger partial charge >= 0.3 is 5.97 Å². The first kappa shape index (κ1) is 18.6.